The monoisotopic (exact) mass is 536 g/mol. The van der Waals surface area contributed by atoms with Crippen molar-refractivity contribution >= 4 is 34.7 Å². The van der Waals surface area contributed by atoms with E-state index < -0.39 is 18.2 Å². The van der Waals surface area contributed by atoms with Crippen LogP contribution < -0.4 is 0 Å². The molecule has 7 heteroatoms. The zero-order valence-corrected chi connectivity index (χ0v) is 20.5. The Morgan fingerprint density at radius 1 is 1.27 bits per heavy atom. The molecule has 6 nitrogen and oxygen atoms in total. The van der Waals surface area contributed by atoms with Crippen LogP contribution in [0.5, 0.6) is 0 Å². The molecule has 1 fully saturated rings. The molecule has 0 bridgehead atoms. The number of carbonyl (C=O) groups excluding carboxylic acids is 1. The van der Waals surface area contributed by atoms with Gasteiger partial charge in [-0.1, -0.05) is 38.8 Å². The molecule has 0 amide bonds. The van der Waals surface area contributed by atoms with Crippen LogP contribution in [0.3, 0.4) is 0 Å². The van der Waals surface area contributed by atoms with Crippen LogP contribution in [0.25, 0.3) is 0 Å². The Morgan fingerprint density at radius 3 is 2.63 bits per heavy atom. The zero-order valence-electron chi connectivity index (χ0n) is 18.4. The van der Waals surface area contributed by atoms with Crippen molar-refractivity contribution in [3.63, 3.8) is 0 Å². The highest BCUT2D eigenvalue weighted by Gasteiger charge is 2.38. The Balaban J connectivity index is 2.76. The van der Waals surface area contributed by atoms with Crippen molar-refractivity contribution in [2.24, 2.45) is 17.8 Å². The molecule has 1 rings (SSSR count). The maximum absolute atomic E-state index is 11.6. The molecule has 0 saturated heterocycles. The van der Waals surface area contributed by atoms with Crippen molar-refractivity contribution < 1.29 is 29.3 Å². The predicted octanol–water partition coefficient (Wildman–Crippen LogP) is 5.87. The first-order valence-corrected chi connectivity index (χ1v) is 12.0. The minimum atomic E-state index is -0.765. The van der Waals surface area contributed by atoms with E-state index in [-0.39, 0.29) is 18.4 Å². The molecule has 0 aromatic heterocycles. The van der Waals surface area contributed by atoms with Crippen molar-refractivity contribution in [3.05, 3.63) is 21.8 Å². The molecule has 0 radical (unpaired) electrons. The van der Waals surface area contributed by atoms with E-state index in [0.29, 0.717) is 18.3 Å². The van der Waals surface area contributed by atoms with Gasteiger partial charge in [0, 0.05) is 12.3 Å². The van der Waals surface area contributed by atoms with E-state index in [4.69, 9.17) is 9.84 Å². The summed E-state index contributed by atoms with van der Waals surface area (Å²) in [6.45, 7) is 4.30. The second-order valence-electron chi connectivity index (χ2n) is 8.15. The van der Waals surface area contributed by atoms with Gasteiger partial charge < -0.3 is 19.7 Å². The van der Waals surface area contributed by atoms with Gasteiger partial charge in [-0.15, -0.1) is 0 Å². The summed E-state index contributed by atoms with van der Waals surface area (Å²) in [5.74, 6) is -0.0777. The third kappa shape index (κ3) is 10.3. The highest BCUT2D eigenvalue weighted by Crippen LogP contribution is 2.42. The van der Waals surface area contributed by atoms with E-state index in [9.17, 15) is 14.7 Å². The van der Waals surface area contributed by atoms with E-state index in [2.05, 4.69) is 47.3 Å². The average Bonchev–Trinajstić information content (AvgIpc) is 2.95. The number of unbranched alkanes of at least 4 members (excludes halogenated alkanes) is 3. The minimum Gasteiger partial charge on any atom is -0.481 e. The van der Waals surface area contributed by atoms with Gasteiger partial charge in [-0.25, -0.2) is 4.79 Å². The van der Waals surface area contributed by atoms with E-state index in [0.717, 1.165) is 44.9 Å². The molecule has 0 heterocycles. The third-order valence-corrected chi connectivity index (χ3v) is 6.61. The van der Waals surface area contributed by atoms with Crippen LogP contribution in [0.2, 0.25) is 0 Å². The zero-order chi connectivity index (χ0) is 22.5. The standard InChI is InChI=1S/C23H37IO6/c1-4-5-6-10-18(30-23(28)29-3)12-13-19-20(16(2)14-21(19)25)15-17(24)9-7-8-11-22(26)27/h9,12-13,16,18-21,25H,4-8,10-11,14-15H2,1-3H3,(H,26,27)/b13-12+,17-9-/t16-,18-,19+,20-,21+/m0/s1. The van der Waals surface area contributed by atoms with E-state index in [1.807, 2.05) is 12.2 Å². The molecule has 0 aliphatic heterocycles. The molecule has 1 aliphatic carbocycles. The van der Waals surface area contributed by atoms with Crippen LogP contribution >= 0.6 is 22.6 Å². The number of carboxylic acid groups (broad SMARTS) is 1. The molecule has 1 aliphatic rings. The fraction of sp³-hybridized carbons (Fsp3) is 0.739. The van der Waals surface area contributed by atoms with Crippen LogP contribution in [0, 0.1) is 17.8 Å². The lowest BCUT2D eigenvalue weighted by atomic mass is 9.86. The summed E-state index contributed by atoms with van der Waals surface area (Å²) in [5, 5.41) is 19.4. The molecule has 0 aromatic rings. The van der Waals surface area contributed by atoms with Gasteiger partial charge in [0.15, 0.2) is 0 Å². The highest BCUT2D eigenvalue weighted by molar-refractivity contribution is 14.1. The second-order valence-corrected chi connectivity index (χ2v) is 9.54. The van der Waals surface area contributed by atoms with Gasteiger partial charge >= 0.3 is 12.1 Å². The Labute approximate surface area is 194 Å². The molecule has 5 atom stereocenters. The predicted molar refractivity (Wildman–Crippen MR) is 126 cm³/mol. The molecule has 0 aromatic carbocycles. The number of aliphatic hydroxyl groups is 1. The number of aliphatic carboxylic acids is 1. The smallest absolute Gasteiger partial charge is 0.481 e. The lowest BCUT2D eigenvalue weighted by Gasteiger charge is -2.22. The van der Waals surface area contributed by atoms with Crippen LogP contribution in [0.4, 0.5) is 4.79 Å². The number of allylic oxidation sites excluding steroid dienone is 2. The quantitative estimate of drug-likeness (QED) is 0.132. The fourth-order valence-electron chi connectivity index (χ4n) is 4.02. The van der Waals surface area contributed by atoms with E-state index in [1.54, 1.807) is 0 Å². The van der Waals surface area contributed by atoms with Crippen molar-refractivity contribution in [3.8, 4) is 0 Å². The largest absolute Gasteiger partial charge is 0.508 e. The van der Waals surface area contributed by atoms with Gasteiger partial charge in [-0.05, 0) is 82.6 Å². The number of carboxylic acids is 1. The van der Waals surface area contributed by atoms with Crippen LogP contribution in [-0.4, -0.2) is 41.7 Å². The number of hydrogen-bond donors (Lipinski definition) is 2. The van der Waals surface area contributed by atoms with Gasteiger partial charge in [0.25, 0.3) is 0 Å². The Hall–Kier alpha value is -1.09. The first kappa shape index (κ1) is 26.9. The van der Waals surface area contributed by atoms with Crippen LogP contribution in [0.15, 0.2) is 21.8 Å². The normalized spacial score (nSPS) is 25.4. The summed E-state index contributed by atoms with van der Waals surface area (Å²) >= 11 is 2.32. The molecule has 30 heavy (non-hydrogen) atoms. The molecule has 0 unspecified atom stereocenters. The van der Waals surface area contributed by atoms with Crippen molar-refractivity contribution in [2.75, 3.05) is 7.11 Å². The summed E-state index contributed by atoms with van der Waals surface area (Å²) in [4.78, 5) is 22.2. The lowest BCUT2D eigenvalue weighted by Crippen LogP contribution is -2.20. The summed E-state index contributed by atoms with van der Waals surface area (Å²) in [7, 11) is 1.30. The van der Waals surface area contributed by atoms with Crippen molar-refractivity contribution in [1.29, 1.82) is 0 Å². The lowest BCUT2D eigenvalue weighted by molar-refractivity contribution is -0.137. The number of carbonyl (C=O) groups is 2. The van der Waals surface area contributed by atoms with Gasteiger partial charge in [0.05, 0.1) is 13.2 Å². The first-order valence-electron chi connectivity index (χ1n) is 11.0. The maximum atomic E-state index is 11.6. The van der Waals surface area contributed by atoms with Crippen LogP contribution in [0.1, 0.15) is 71.6 Å². The van der Waals surface area contributed by atoms with Gasteiger partial charge in [-0.2, -0.15) is 0 Å². The minimum absolute atomic E-state index is 0.00658. The maximum Gasteiger partial charge on any atom is 0.508 e. The number of halogens is 1. The van der Waals surface area contributed by atoms with Crippen LogP contribution in [-0.2, 0) is 14.3 Å². The summed E-state index contributed by atoms with van der Waals surface area (Å²) < 4.78 is 11.2. The summed E-state index contributed by atoms with van der Waals surface area (Å²) in [6.07, 6.45) is 11.7. The topological polar surface area (TPSA) is 93.1 Å². The number of rotatable bonds is 13. The number of methoxy groups -OCH3 is 1. The third-order valence-electron chi connectivity index (χ3n) is 5.73. The Kier molecular flexibility index (Phi) is 13.3. The van der Waals surface area contributed by atoms with E-state index >= 15 is 0 Å². The van der Waals surface area contributed by atoms with Gasteiger partial charge in [-0.3, -0.25) is 4.79 Å². The number of ether oxygens (including phenoxy) is 2. The molecule has 1 saturated carbocycles. The fourth-order valence-corrected chi connectivity index (χ4v) is 4.84. The number of aliphatic hydroxyl groups excluding tert-OH is 1. The van der Waals surface area contributed by atoms with Gasteiger partial charge in [0.1, 0.15) is 6.10 Å². The summed E-state index contributed by atoms with van der Waals surface area (Å²) in [6, 6.07) is 0. The Bertz CT molecular complexity index is 588. The molecule has 0 spiro atoms. The molecular formula is C23H37IO6. The average molecular weight is 536 g/mol. The Morgan fingerprint density at radius 2 is 2.00 bits per heavy atom. The summed E-state index contributed by atoms with van der Waals surface area (Å²) in [5.41, 5.74) is 0. The molecule has 2 N–H and O–H groups in total. The first-order chi connectivity index (χ1) is 14.3. The van der Waals surface area contributed by atoms with Crippen molar-refractivity contribution in [1.82, 2.24) is 0 Å². The highest BCUT2D eigenvalue weighted by atomic mass is 127. The SMILES string of the molecule is CCCCC[C@@H](/C=C/[C@@H]1[C@@H](C/C(I)=C/CCCC(=O)O)[C@@H](C)C[C@H]1O)OC(=O)OC. The van der Waals surface area contributed by atoms with E-state index in [1.165, 1.54) is 10.7 Å². The van der Waals surface area contributed by atoms with Gasteiger partial charge in [0.2, 0.25) is 0 Å². The second kappa shape index (κ2) is 14.8. The molecular weight excluding hydrogens is 499 g/mol. The van der Waals surface area contributed by atoms with Crippen molar-refractivity contribution in [2.45, 2.75) is 83.8 Å². The number of hydrogen-bond acceptors (Lipinski definition) is 5. The molecule has 172 valence electrons.